The number of benzene rings is 4. The van der Waals surface area contributed by atoms with E-state index in [0.29, 0.717) is 0 Å². The summed E-state index contributed by atoms with van der Waals surface area (Å²) < 4.78 is 0. The fourth-order valence-corrected chi connectivity index (χ4v) is 3.76. The molecule has 0 amide bonds. The molecule has 0 spiro atoms. The van der Waals surface area contributed by atoms with E-state index in [2.05, 4.69) is 85.8 Å². The molecule has 0 aliphatic carbocycles. The van der Waals surface area contributed by atoms with E-state index < -0.39 is 0 Å². The lowest BCUT2D eigenvalue weighted by Crippen LogP contribution is -1.93. The van der Waals surface area contributed by atoms with Crippen molar-refractivity contribution in [2.24, 2.45) is 0 Å². The summed E-state index contributed by atoms with van der Waals surface area (Å²) in [6.07, 6.45) is 3.61. The summed E-state index contributed by atoms with van der Waals surface area (Å²) >= 11 is 0. The Kier molecular flexibility index (Phi) is 4.04. The Morgan fingerprint density at radius 1 is 0.583 bits per heavy atom. The lowest BCUT2D eigenvalue weighted by atomic mass is 9.87. The van der Waals surface area contributed by atoms with Gasteiger partial charge in [-0.25, -0.2) is 0 Å². The van der Waals surface area contributed by atoms with Crippen molar-refractivity contribution in [2.75, 3.05) is 0 Å². The largest absolute Gasteiger partial charge is 0.0654 e. The Bertz CT molecular complexity index is 924. The Morgan fingerprint density at radius 3 is 1.62 bits per heavy atom. The number of fused-ring (bicyclic) bond motifs is 2. The second-order valence-electron chi connectivity index (χ2n) is 6.41. The zero-order valence-electron chi connectivity index (χ0n) is 14.1. The maximum Gasteiger partial charge on any atom is -0.00266 e. The van der Waals surface area contributed by atoms with Crippen LogP contribution in [-0.2, 0) is 6.42 Å². The van der Waals surface area contributed by atoms with Gasteiger partial charge in [0, 0.05) is 0 Å². The van der Waals surface area contributed by atoms with Gasteiger partial charge in [0.05, 0.1) is 0 Å². The second-order valence-corrected chi connectivity index (χ2v) is 6.41. The summed E-state index contributed by atoms with van der Waals surface area (Å²) in [5, 5.41) is 5.55. The first-order valence-corrected chi connectivity index (χ1v) is 8.88. The molecule has 0 saturated carbocycles. The summed E-state index contributed by atoms with van der Waals surface area (Å²) in [5.41, 5.74) is 4.16. The predicted molar refractivity (Wildman–Crippen MR) is 106 cm³/mol. The molecule has 4 aromatic rings. The molecule has 0 nitrogen and oxygen atoms in total. The quantitative estimate of drug-likeness (QED) is 0.356. The zero-order chi connectivity index (χ0) is 16.4. The normalized spacial score (nSPS) is 11.2. The van der Waals surface area contributed by atoms with E-state index in [-0.39, 0.29) is 0 Å². The topological polar surface area (TPSA) is 0 Å². The van der Waals surface area contributed by atoms with Crippen LogP contribution in [-0.4, -0.2) is 0 Å². The van der Waals surface area contributed by atoms with E-state index in [1.165, 1.54) is 51.1 Å². The van der Waals surface area contributed by atoms with Gasteiger partial charge in [0.1, 0.15) is 0 Å². The van der Waals surface area contributed by atoms with Gasteiger partial charge < -0.3 is 0 Å². The summed E-state index contributed by atoms with van der Waals surface area (Å²) in [7, 11) is 0. The lowest BCUT2D eigenvalue weighted by Gasteiger charge is -2.17. The van der Waals surface area contributed by atoms with Gasteiger partial charge in [-0.2, -0.15) is 0 Å². The van der Waals surface area contributed by atoms with Crippen molar-refractivity contribution >= 4 is 21.5 Å². The molecule has 0 heterocycles. The first-order valence-electron chi connectivity index (χ1n) is 8.88. The molecule has 0 atom stereocenters. The van der Waals surface area contributed by atoms with Crippen LogP contribution in [0, 0.1) is 0 Å². The molecule has 0 aliphatic heterocycles. The van der Waals surface area contributed by atoms with E-state index in [1.54, 1.807) is 0 Å². The van der Waals surface area contributed by atoms with Crippen molar-refractivity contribution in [3.05, 3.63) is 84.4 Å². The highest BCUT2D eigenvalue weighted by atomic mass is 14.2. The van der Waals surface area contributed by atoms with Crippen LogP contribution in [0.2, 0.25) is 0 Å². The number of rotatable bonds is 4. The average molecular weight is 310 g/mol. The van der Waals surface area contributed by atoms with Crippen LogP contribution >= 0.6 is 0 Å². The van der Waals surface area contributed by atoms with Gasteiger partial charge in [-0.05, 0) is 51.1 Å². The molecule has 0 aliphatic rings. The highest BCUT2D eigenvalue weighted by Crippen LogP contribution is 2.39. The van der Waals surface area contributed by atoms with Crippen molar-refractivity contribution in [1.29, 1.82) is 0 Å². The van der Waals surface area contributed by atoms with Gasteiger partial charge in [-0.1, -0.05) is 92.2 Å². The smallest absolute Gasteiger partial charge is 0.00266 e. The van der Waals surface area contributed by atoms with Gasteiger partial charge in [-0.15, -0.1) is 0 Å². The molecule has 118 valence electrons. The van der Waals surface area contributed by atoms with Crippen LogP contribution in [0.5, 0.6) is 0 Å². The van der Waals surface area contributed by atoms with Crippen LogP contribution in [0.3, 0.4) is 0 Å². The Morgan fingerprint density at radius 2 is 1.08 bits per heavy atom. The van der Waals surface area contributed by atoms with E-state index in [9.17, 15) is 0 Å². The summed E-state index contributed by atoms with van der Waals surface area (Å²) in [5.74, 6) is 0. The number of hydrogen-bond acceptors (Lipinski definition) is 0. The summed E-state index contributed by atoms with van der Waals surface area (Å²) in [6, 6.07) is 28.6. The molecular formula is C24H22. The molecular weight excluding hydrogens is 288 g/mol. The monoisotopic (exact) mass is 310 g/mol. The fraction of sp³-hybridized carbons (Fsp3) is 0.167. The van der Waals surface area contributed by atoms with Crippen molar-refractivity contribution in [1.82, 2.24) is 0 Å². The van der Waals surface area contributed by atoms with Crippen LogP contribution < -0.4 is 0 Å². The third kappa shape index (κ3) is 2.49. The molecule has 0 unspecified atom stereocenters. The maximum atomic E-state index is 2.29. The van der Waals surface area contributed by atoms with Gasteiger partial charge in [0.2, 0.25) is 0 Å². The molecule has 4 aromatic carbocycles. The van der Waals surface area contributed by atoms with E-state index in [1.807, 2.05) is 0 Å². The van der Waals surface area contributed by atoms with Crippen molar-refractivity contribution in [3.8, 4) is 11.1 Å². The fourth-order valence-electron chi connectivity index (χ4n) is 3.76. The minimum atomic E-state index is 1.15. The van der Waals surface area contributed by atoms with E-state index in [0.717, 1.165) is 6.42 Å². The Hall–Kier alpha value is -2.60. The molecule has 0 aromatic heterocycles. The highest BCUT2D eigenvalue weighted by molar-refractivity contribution is 6.14. The van der Waals surface area contributed by atoms with Crippen molar-refractivity contribution in [2.45, 2.75) is 26.2 Å². The van der Waals surface area contributed by atoms with Crippen molar-refractivity contribution < 1.29 is 0 Å². The van der Waals surface area contributed by atoms with Crippen molar-refractivity contribution in [3.63, 3.8) is 0 Å². The van der Waals surface area contributed by atoms with E-state index >= 15 is 0 Å². The van der Waals surface area contributed by atoms with Crippen LogP contribution in [0.25, 0.3) is 32.7 Å². The Balaban J connectivity index is 2.15. The van der Waals surface area contributed by atoms with Gasteiger partial charge >= 0.3 is 0 Å². The van der Waals surface area contributed by atoms with Gasteiger partial charge in [0.25, 0.3) is 0 Å². The third-order valence-corrected chi connectivity index (χ3v) is 4.89. The minimum absolute atomic E-state index is 1.15. The lowest BCUT2D eigenvalue weighted by molar-refractivity contribution is 0.802. The predicted octanol–water partition coefficient (Wildman–Crippen LogP) is 7.00. The first-order chi connectivity index (χ1) is 11.9. The van der Waals surface area contributed by atoms with Crippen LogP contribution in [0.4, 0.5) is 0 Å². The van der Waals surface area contributed by atoms with Crippen LogP contribution in [0.1, 0.15) is 25.3 Å². The van der Waals surface area contributed by atoms with Gasteiger partial charge in [-0.3, -0.25) is 0 Å². The molecule has 0 radical (unpaired) electrons. The third-order valence-electron chi connectivity index (χ3n) is 4.89. The molecule has 0 bridgehead atoms. The number of aryl methyl sites for hydroxylation is 1. The summed E-state index contributed by atoms with van der Waals surface area (Å²) in [6.45, 7) is 2.27. The summed E-state index contributed by atoms with van der Waals surface area (Å²) in [4.78, 5) is 0. The zero-order valence-corrected chi connectivity index (χ0v) is 14.1. The minimum Gasteiger partial charge on any atom is -0.0654 e. The average Bonchev–Trinajstić information content (AvgIpc) is 2.66. The molecule has 0 saturated heterocycles. The van der Waals surface area contributed by atoms with Gasteiger partial charge in [0.15, 0.2) is 0 Å². The standard InChI is InChI=1S/C24H22/c1-2-3-13-19-20-14-7-9-16-22(20)24(18-11-5-4-6-12-18)23-17-10-8-15-21(19)23/h4-12,14-17H,2-3,13H2,1H3. The second kappa shape index (κ2) is 6.49. The maximum absolute atomic E-state index is 2.29. The molecule has 0 N–H and O–H groups in total. The SMILES string of the molecule is CCCCc1c2ccccc2c(-c2ccccc2)c2ccccc12. The Labute approximate surface area is 143 Å². The molecule has 0 heteroatoms. The number of unbranched alkanes of at least 4 members (excludes halogenated alkanes) is 1. The molecule has 0 fully saturated rings. The first kappa shape index (κ1) is 15.0. The highest BCUT2D eigenvalue weighted by Gasteiger charge is 2.14. The molecule has 4 rings (SSSR count). The van der Waals surface area contributed by atoms with Crippen LogP contribution in [0.15, 0.2) is 78.9 Å². The number of hydrogen-bond donors (Lipinski definition) is 0. The molecule has 24 heavy (non-hydrogen) atoms. The van der Waals surface area contributed by atoms with E-state index in [4.69, 9.17) is 0 Å².